The Bertz CT molecular complexity index is 1520. The molecule has 0 aromatic heterocycles. The fourth-order valence-corrected chi connectivity index (χ4v) is 21.3. The lowest BCUT2D eigenvalue weighted by atomic mass is 9.92. The van der Waals surface area contributed by atoms with Gasteiger partial charge in [-0.2, -0.15) is 0 Å². The van der Waals surface area contributed by atoms with Crippen molar-refractivity contribution in [2.75, 3.05) is 0 Å². The summed E-state index contributed by atoms with van der Waals surface area (Å²) in [5.74, 6) is 2.76. The van der Waals surface area contributed by atoms with Gasteiger partial charge in [0.2, 0.25) is 0 Å². The highest BCUT2D eigenvalue weighted by Gasteiger charge is 2.51. The minimum absolute atomic E-state index is 0.0139. The average Bonchev–Trinajstić information content (AvgIpc) is 4.13. The van der Waals surface area contributed by atoms with Crippen molar-refractivity contribution in [3.8, 4) is 12.3 Å². The number of hydrogen-bond donors (Lipinski definition) is 0. The lowest BCUT2D eigenvalue weighted by Crippen LogP contribution is -2.55. The number of carbonyl (C=O) groups is 1. The molecule has 0 spiro atoms. The number of ether oxygens (including phenoxy) is 2. The second-order valence-corrected chi connectivity index (χ2v) is 38.5. The molecule has 0 saturated carbocycles. The van der Waals surface area contributed by atoms with Crippen LogP contribution < -0.4 is 0 Å². The fourth-order valence-electron chi connectivity index (χ4n) is 9.97. The van der Waals surface area contributed by atoms with Crippen molar-refractivity contribution in [2.45, 2.75) is 258 Å². The van der Waals surface area contributed by atoms with Crippen molar-refractivity contribution in [1.82, 2.24) is 0 Å². The molecule has 0 N–H and O–H groups in total. The third-order valence-electron chi connectivity index (χ3n) is 16.0. The number of rotatable bonds is 38. The standard InChI is InChI=1S/C55H102O7Si4/c1-21-37-44(17)50(55-51(58-55)45(18)38-22-2)57-49(56)42-43(16)40-36-41-46(19)52(60-64(27-7,28-8)29-9)54(62-66(33-13,34-14)35-15)47(20)53(61-65(30-10,31-11)32-12)48(39-23-3)59-63(24-4,25-5)26-6/h1,23,36,40,42,44-45,48,50-55H,3,19-20,22,24-35,37-39,41H2,2,4-18H3/b40-36+,43-42+/t44-,45+,48+,50+,51+,52-,53+,54-,55+/m1/s1. The molecule has 1 aliphatic rings. The number of esters is 1. The Hall–Kier alpha value is -1.60. The Morgan fingerprint density at radius 1 is 0.682 bits per heavy atom. The maximum atomic E-state index is 13.5. The summed E-state index contributed by atoms with van der Waals surface area (Å²) in [6.45, 7) is 50.1. The Kier molecular flexibility index (Phi) is 29.2. The van der Waals surface area contributed by atoms with E-state index in [0.29, 0.717) is 25.2 Å². The van der Waals surface area contributed by atoms with Crippen molar-refractivity contribution in [1.29, 1.82) is 0 Å². The van der Waals surface area contributed by atoms with E-state index < -0.39 is 57.7 Å². The zero-order chi connectivity index (χ0) is 50.3. The molecule has 0 amide bonds. The fraction of sp³-hybridized carbons (Fsp3) is 0.764. The smallest absolute Gasteiger partial charge is 0.331 e. The molecule has 9 atom stereocenters. The molecule has 1 saturated heterocycles. The summed E-state index contributed by atoms with van der Waals surface area (Å²) in [5.41, 5.74) is 2.66. The van der Waals surface area contributed by atoms with E-state index in [2.05, 4.69) is 116 Å². The summed E-state index contributed by atoms with van der Waals surface area (Å²) >= 11 is 0. The van der Waals surface area contributed by atoms with E-state index in [9.17, 15) is 4.79 Å². The third kappa shape index (κ3) is 17.7. The Labute approximate surface area is 412 Å². The van der Waals surface area contributed by atoms with Crippen molar-refractivity contribution >= 4 is 39.2 Å². The van der Waals surface area contributed by atoms with Gasteiger partial charge in [-0.15, -0.1) is 18.9 Å². The molecule has 0 radical (unpaired) electrons. The Morgan fingerprint density at radius 3 is 1.55 bits per heavy atom. The van der Waals surface area contributed by atoms with Crippen LogP contribution in [0.15, 0.2) is 60.8 Å². The molecule has 7 nitrogen and oxygen atoms in total. The monoisotopic (exact) mass is 987 g/mol. The molecule has 1 aliphatic heterocycles. The average molecular weight is 988 g/mol. The summed E-state index contributed by atoms with van der Waals surface area (Å²) in [6.07, 6.45) is 15.3. The second-order valence-electron chi connectivity index (χ2n) is 19.6. The molecule has 1 rings (SSSR count). The summed E-state index contributed by atoms with van der Waals surface area (Å²) < 4.78 is 42.9. The minimum atomic E-state index is -2.28. The van der Waals surface area contributed by atoms with Gasteiger partial charge in [-0.05, 0) is 121 Å². The molecule has 11 heteroatoms. The van der Waals surface area contributed by atoms with Gasteiger partial charge in [-0.1, -0.05) is 142 Å². The second kappa shape index (κ2) is 30.9. The molecule has 1 heterocycles. The summed E-state index contributed by atoms with van der Waals surface area (Å²) in [6, 6.07) is 12.1. The maximum absolute atomic E-state index is 13.5. The zero-order valence-corrected chi connectivity index (χ0v) is 49.6. The highest BCUT2D eigenvalue weighted by molar-refractivity contribution is 6.75. The number of terminal acetylenes is 1. The van der Waals surface area contributed by atoms with Crippen molar-refractivity contribution in [2.24, 2.45) is 11.8 Å². The van der Waals surface area contributed by atoms with Gasteiger partial charge < -0.3 is 27.2 Å². The maximum Gasteiger partial charge on any atom is 0.331 e. The third-order valence-corrected chi connectivity index (χ3v) is 34.5. The van der Waals surface area contributed by atoms with Crippen LogP contribution in [0.3, 0.4) is 0 Å². The van der Waals surface area contributed by atoms with Crippen molar-refractivity contribution < 1.29 is 32.0 Å². The van der Waals surface area contributed by atoms with Gasteiger partial charge in [0.1, 0.15) is 12.2 Å². The van der Waals surface area contributed by atoms with Crippen LogP contribution in [0.1, 0.15) is 143 Å². The van der Waals surface area contributed by atoms with Gasteiger partial charge in [0.05, 0.1) is 30.5 Å². The summed E-state index contributed by atoms with van der Waals surface area (Å²) in [7, 11) is -8.85. The van der Waals surface area contributed by atoms with Crippen LogP contribution >= 0.6 is 0 Å². The molecule has 0 aromatic rings. The predicted octanol–water partition coefficient (Wildman–Crippen LogP) is 15.9. The van der Waals surface area contributed by atoms with Crippen LogP contribution in [-0.4, -0.2) is 82.0 Å². The SMILES string of the molecule is C#CC[C@@H](C)[C@H](OC(=O)/C=C(C)/C=C/CC(=C)[C@@H](O[Si](CC)(CC)CC)[C@H](O[Si](CC)(CC)CC)C(=C)[C@H](O[Si](CC)(CC)CC)[C@H](CC=C)O[Si](CC)(CC)CC)[C@@H]1O[C@H]1[C@@H](C)CCC. The van der Waals surface area contributed by atoms with Gasteiger partial charge in [0.25, 0.3) is 0 Å². The first-order valence-corrected chi connectivity index (χ1v) is 36.8. The Balaban J connectivity index is 3.98. The quantitative estimate of drug-likeness (QED) is 0.0116. The van der Waals surface area contributed by atoms with Gasteiger partial charge in [-0.3, -0.25) is 0 Å². The molecule has 0 unspecified atom stereocenters. The number of carbonyl (C=O) groups excluding carboxylic acids is 1. The van der Waals surface area contributed by atoms with Crippen molar-refractivity contribution in [3.05, 3.63) is 60.8 Å². The molecular formula is C55H102O7Si4. The van der Waals surface area contributed by atoms with Crippen molar-refractivity contribution in [3.63, 3.8) is 0 Å². The molecule has 0 aliphatic carbocycles. The number of allylic oxidation sites excluding steroid dienone is 3. The first-order chi connectivity index (χ1) is 31.4. The van der Waals surface area contributed by atoms with E-state index in [-0.39, 0.29) is 30.2 Å². The number of hydrogen-bond acceptors (Lipinski definition) is 7. The van der Waals surface area contributed by atoms with E-state index in [4.69, 9.17) is 46.8 Å². The number of epoxide rings is 1. The zero-order valence-electron chi connectivity index (χ0n) is 45.6. The van der Waals surface area contributed by atoms with Crippen LogP contribution in [0.2, 0.25) is 72.5 Å². The highest BCUT2D eigenvalue weighted by Crippen LogP contribution is 2.41. The first-order valence-electron chi connectivity index (χ1n) is 26.7. The van der Waals surface area contributed by atoms with Gasteiger partial charge in [0, 0.05) is 18.4 Å². The molecule has 0 bridgehead atoms. The van der Waals surface area contributed by atoms with Crippen LogP contribution in [0, 0.1) is 24.2 Å². The van der Waals surface area contributed by atoms with E-state index in [1.807, 2.05) is 26.0 Å². The van der Waals surface area contributed by atoms with E-state index in [1.54, 1.807) is 6.08 Å². The first kappa shape index (κ1) is 62.4. The van der Waals surface area contributed by atoms with Crippen LogP contribution in [0.5, 0.6) is 0 Å². The molecule has 1 fully saturated rings. The summed E-state index contributed by atoms with van der Waals surface area (Å²) in [4.78, 5) is 13.5. The lowest BCUT2D eigenvalue weighted by molar-refractivity contribution is -0.146. The van der Waals surface area contributed by atoms with Crippen LogP contribution in [0.4, 0.5) is 0 Å². The lowest BCUT2D eigenvalue weighted by Gasteiger charge is -2.47. The largest absolute Gasteiger partial charge is 0.456 e. The van der Waals surface area contributed by atoms with Crippen LogP contribution in [-0.2, 0) is 32.0 Å². The molecule has 0 aromatic carbocycles. The summed E-state index contributed by atoms with van der Waals surface area (Å²) in [5, 5.41) is 0. The van der Waals surface area contributed by atoms with E-state index in [1.165, 1.54) is 0 Å². The minimum Gasteiger partial charge on any atom is -0.456 e. The normalized spacial score (nSPS) is 19.3. The van der Waals surface area contributed by atoms with Gasteiger partial charge in [0.15, 0.2) is 33.3 Å². The van der Waals surface area contributed by atoms with E-state index >= 15 is 0 Å². The van der Waals surface area contributed by atoms with Gasteiger partial charge >= 0.3 is 5.97 Å². The van der Waals surface area contributed by atoms with Crippen LogP contribution in [0.25, 0.3) is 0 Å². The van der Waals surface area contributed by atoms with Gasteiger partial charge in [-0.25, -0.2) is 4.79 Å². The predicted molar refractivity (Wildman–Crippen MR) is 294 cm³/mol. The topological polar surface area (TPSA) is 75.8 Å². The highest BCUT2D eigenvalue weighted by atomic mass is 28.4. The molecule has 66 heavy (non-hydrogen) atoms. The van der Waals surface area contributed by atoms with E-state index in [0.717, 1.165) is 102 Å². The molecule has 380 valence electrons. The molecular weight excluding hydrogens is 885 g/mol. The Morgan fingerprint density at radius 2 is 1.12 bits per heavy atom.